The molecule has 0 aromatic carbocycles. The van der Waals surface area contributed by atoms with Gasteiger partial charge in [-0.05, 0) is 13.1 Å². The van der Waals surface area contributed by atoms with E-state index in [1.165, 1.54) is 17.4 Å². The molecule has 188 valence electrons. The molecule has 1 aliphatic heterocycles. The lowest BCUT2D eigenvalue weighted by atomic mass is 10.1. The average Bonchev–Trinajstić information content (AvgIpc) is 3.29. The van der Waals surface area contributed by atoms with Crippen molar-refractivity contribution < 1.29 is 17.9 Å². The minimum absolute atomic E-state index is 0.0243. The zero-order chi connectivity index (χ0) is 25.0. The van der Waals surface area contributed by atoms with E-state index in [9.17, 15) is 13.2 Å². The maximum absolute atomic E-state index is 13.7. The molecule has 4 heterocycles. The van der Waals surface area contributed by atoms with Crippen LogP contribution in [0, 0.1) is 0 Å². The summed E-state index contributed by atoms with van der Waals surface area (Å²) < 4.78 is 46.6. The van der Waals surface area contributed by atoms with Crippen molar-refractivity contribution in [3.63, 3.8) is 0 Å². The number of hydrogen-bond donors (Lipinski definition) is 2. The Morgan fingerprint density at radius 3 is 2.54 bits per heavy atom. The Hall–Kier alpha value is -3.10. The summed E-state index contributed by atoms with van der Waals surface area (Å²) in [5.74, 6) is 0.119. The van der Waals surface area contributed by atoms with Gasteiger partial charge in [-0.2, -0.15) is 18.2 Å². The molecule has 1 saturated heterocycles. The molecular formula is C21H26F3N9OS. The largest absolute Gasteiger partial charge is 0.434 e. The lowest BCUT2D eigenvalue weighted by Gasteiger charge is -2.27. The zero-order valence-electron chi connectivity index (χ0n) is 19.3. The summed E-state index contributed by atoms with van der Waals surface area (Å²) in [4.78, 5) is 25.8. The first-order valence-electron chi connectivity index (χ1n) is 11.1. The first kappa shape index (κ1) is 25.0. The van der Waals surface area contributed by atoms with E-state index >= 15 is 0 Å². The van der Waals surface area contributed by atoms with Crippen molar-refractivity contribution in [2.75, 3.05) is 55.3 Å². The first-order valence-corrected chi connectivity index (χ1v) is 11.9. The summed E-state index contributed by atoms with van der Waals surface area (Å²) >= 11 is 1.46. The van der Waals surface area contributed by atoms with Crippen LogP contribution in [0.1, 0.15) is 24.4 Å². The predicted molar refractivity (Wildman–Crippen MR) is 128 cm³/mol. The number of ether oxygens (including phenoxy) is 1. The maximum atomic E-state index is 13.7. The third-order valence-electron chi connectivity index (χ3n) is 5.42. The Morgan fingerprint density at radius 2 is 1.86 bits per heavy atom. The molecule has 0 aliphatic carbocycles. The summed E-state index contributed by atoms with van der Waals surface area (Å²) in [6, 6.07) is 1.43. The van der Waals surface area contributed by atoms with E-state index in [-0.39, 0.29) is 17.2 Å². The number of morpholine rings is 1. The van der Waals surface area contributed by atoms with Gasteiger partial charge in [-0.25, -0.2) is 19.9 Å². The van der Waals surface area contributed by atoms with Crippen molar-refractivity contribution in [2.24, 2.45) is 0 Å². The number of rotatable bonds is 8. The highest BCUT2D eigenvalue weighted by atomic mass is 32.1. The van der Waals surface area contributed by atoms with Gasteiger partial charge in [-0.15, -0.1) is 11.3 Å². The Morgan fingerprint density at radius 1 is 1.11 bits per heavy atom. The number of aromatic nitrogens is 5. The molecule has 35 heavy (non-hydrogen) atoms. The second-order valence-corrected chi connectivity index (χ2v) is 8.86. The normalized spacial score (nSPS) is 14.5. The van der Waals surface area contributed by atoms with E-state index in [1.54, 1.807) is 6.20 Å². The van der Waals surface area contributed by atoms with Crippen molar-refractivity contribution in [1.29, 1.82) is 0 Å². The van der Waals surface area contributed by atoms with Crippen molar-refractivity contribution in [3.8, 4) is 11.3 Å². The number of nitrogens with one attached hydrogen (secondary N) is 1. The summed E-state index contributed by atoms with van der Waals surface area (Å²) in [6.45, 7) is 8.74. The van der Waals surface area contributed by atoms with Gasteiger partial charge >= 0.3 is 6.18 Å². The molecule has 3 aromatic rings. The Bertz CT molecular complexity index is 1150. The van der Waals surface area contributed by atoms with E-state index in [4.69, 9.17) is 10.5 Å². The van der Waals surface area contributed by atoms with Crippen LogP contribution >= 0.6 is 11.3 Å². The third-order valence-corrected chi connectivity index (χ3v) is 6.32. The van der Waals surface area contributed by atoms with Gasteiger partial charge in [0.1, 0.15) is 5.82 Å². The number of anilines is 4. The fourth-order valence-electron chi connectivity index (χ4n) is 3.56. The van der Waals surface area contributed by atoms with Gasteiger partial charge in [0.15, 0.2) is 10.8 Å². The molecule has 3 N–H and O–H groups in total. The van der Waals surface area contributed by atoms with Crippen LogP contribution in [0.4, 0.5) is 36.0 Å². The number of hydrogen-bond acceptors (Lipinski definition) is 11. The third kappa shape index (κ3) is 6.13. The van der Waals surface area contributed by atoms with Crippen LogP contribution in [0.25, 0.3) is 11.3 Å². The molecular weight excluding hydrogens is 483 g/mol. The molecule has 14 heteroatoms. The summed E-state index contributed by atoms with van der Waals surface area (Å²) in [5, 5.41) is 3.70. The second kappa shape index (κ2) is 10.7. The smallest absolute Gasteiger partial charge is 0.378 e. The van der Waals surface area contributed by atoms with E-state index in [2.05, 4.69) is 49.0 Å². The summed E-state index contributed by atoms with van der Waals surface area (Å²) in [7, 11) is 0. The molecule has 10 nitrogen and oxygen atoms in total. The molecule has 0 atom stereocenters. The van der Waals surface area contributed by atoms with E-state index < -0.39 is 17.8 Å². The number of nitrogens with zero attached hydrogens (tertiary/aromatic N) is 7. The van der Waals surface area contributed by atoms with Crippen LogP contribution < -0.4 is 16.0 Å². The lowest BCUT2D eigenvalue weighted by Crippen LogP contribution is -2.37. The van der Waals surface area contributed by atoms with Crippen LogP contribution in [-0.4, -0.2) is 69.2 Å². The van der Waals surface area contributed by atoms with Gasteiger partial charge in [0, 0.05) is 48.5 Å². The highest BCUT2D eigenvalue weighted by Gasteiger charge is 2.37. The van der Waals surface area contributed by atoms with Crippen LogP contribution in [0.2, 0.25) is 0 Å². The van der Waals surface area contributed by atoms with Gasteiger partial charge in [-0.3, -0.25) is 4.90 Å². The molecule has 0 radical (unpaired) electrons. The van der Waals surface area contributed by atoms with Crippen LogP contribution in [0.3, 0.4) is 0 Å². The van der Waals surface area contributed by atoms with Crippen LogP contribution in [0.15, 0.2) is 18.5 Å². The molecule has 0 bridgehead atoms. The minimum atomic E-state index is -4.74. The average molecular weight is 510 g/mol. The Labute approximate surface area is 204 Å². The van der Waals surface area contributed by atoms with Crippen LogP contribution in [0.5, 0.6) is 0 Å². The van der Waals surface area contributed by atoms with Crippen molar-refractivity contribution in [1.82, 2.24) is 29.8 Å². The molecule has 1 aliphatic rings. The highest BCUT2D eigenvalue weighted by Crippen LogP contribution is 2.36. The molecule has 0 unspecified atom stereocenters. The Balaban J connectivity index is 1.71. The quantitative estimate of drug-likeness (QED) is 0.468. The minimum Gasteiger partial charge on any atom is -0.378 e. The standard InChI is InChI=1S/C21H26F3N9OS/c1-3-32(4-2)12-13-10-27-20(35-13)30-16-9-15(28-19(29-16)33-5-7-34-8-6-33)14-11-26-18(25)31-17(14)21(22,23)24/h9-11H,3-8,12H2,1-2H3,(H2,25,26,31)(H,27,28,29,30). The molecule has 0 saturated carbocycles. The monoisotopic (exact) mass is 509 g/mol. The molecule has 4 rings (SSSR count). The topological polar surface area (TPSA) is 118 Å². The Kier molecular flexibility index (Phi) is 7.62. The predicted octanol–water partition coefficient (Wildman–Crippen LogP) is 3.41. The number of nitrogens with two attached hydrogens (primary N) is 1. The van der Waals surface area contributed by atoms with Gasteiger partial charge in [0.05, 0.1) is 18.9 Å². The maximum Gasteiger partial charge on any atom is 0.434 e. The number of nitrogen functional groups attached to an aromatic ring is 1. The van der Waals surface area contributed by atoms with Gasteiger partial charge in [0.2, 0.25) is 11.9 Å². The number of thiazole rings is 1. The summed E-state index contributed by atoms with van der Waals surface area (Å²) in [6.07, 6.45) is -1.92. The second-order valence-electron chi connectivity index (χ2n) is 7.74. The fourth-order valence-corrected chi connectivity index (χ4v) is 4.42. The van der Waals surface area contributed by atoms with E-state index in [0.717, 1.165) is 30.7 Å². The van der Waals surface area contributed by atoms with Crippen LogP contribution in [-0.2, 0) is 17.5 Å². The highest BCUT2D eigenvalue weighted by molar-refractivity contribution is 7.15. The van der Waals surface area contributed by atoms with Crippen molar-refractivity contribution >= 4 is 34.2 Å². The lowest BCUT2D eigenvalue weighted by molar-refractivity contribution is -0.140. The first-order chi connectivity index (χ1) is 16.8. The molecule has 0 amide bonds. The van der Waals surface area contributed by atoms with Gasteiger partial charge in [-0.1, -0.05) is 13.8 Å². The summed E-state index contributed by atoms with van der Waals surface area (Å²) in [5.41, 5.74) is 4.02. The van der Waals surface area contributed by atoms with Gasteiger partial charge in [0.25, 0.3) is 0 Å². The van der Waals surface area contributed by atoms with Gasteiger partial charge < -0.3 is 20.7 Å². The van der Waals surface area contributed by atoms with E-state index in [0.29, 0.717) is 37.3 Å². The zero-order valence-corrected chi connectivity index (χ0v) is 20.2. The fraction of sp³-hybridized carbons (Fsp3) is 0.476. The molecule has 1 fully saturated rings. The van der Waals surface area contributed by atoms with Crippen molar-refractivity contribution in [2.45, 2.75) is 26.6 Å². The number of alkyl halides is 3. The van der Waals surface area contributed by atoms with Crippen molar-refractivity contribution in [3.05, 3.63) is 29.0 Å². The number of halogens is 3. The van der Waals surface area contributed by atoms with E-state index in [1.807, 2.05) is 4.90 Å². The molecule has 0 spiro atoms. The molecule has 3 aromatic heterocycles. The SMILES string of the molecule is CCN(CC)Cc1cnc(Nc2cc(-c3cnc(N)nc3C(F)(F)F)nc(N3CCOCC3)n2)s1.